The Hall–Kier alpha value is -3.87. The number of carbonyl (C=O) groups is 1. The standard InChI is InChI=1S/C24H17F3N2O2/c1-31-22-12-11-16(24(25,26)27)13-21(22)29-23(30)18-14-20(15-7-3-2-4-8-15)28-19-10-6-5-9-17(18)19/h2-14H,1H3,(H,29,30). The van der Waals surface area contributed by atoms with Gasteiger partial charge >= 0.3 is 6.18 Å². The van der Waals surface area contributed by atoms with Gasteiger partial charge < -0.3 is 10.1 Å². The molecule has 1 aromatic heterocycles. The second kappa shape index (κ2) is 8.10. The first-order valence-corrected chi connectivity index (χ1v) is 9.38. The van der Waals surface area contributed by atoms with Crippen molar-refractivity contribution in [2.75, 3.05) is 12.4 Å². The van der Waals surface area contributed by atoms with Gasteiger partial charge in [-0.1, -0.05) is 48.5 Å². The molecule has 0 atom stereocenters. The van der Waals surface area contributed by atoms with Crippen LogP contribution in [0.4, 0.5) is 18.9 Å². The fraction of sp³-hybridized carbons (Fsp3) is 0.0833. The zero-order chi connectivity index (χ0) is 22.0. The number of methoxy groups -OCH3 is 1. The van der Waals surface area contributed by atoms with E-state index in [4.69, 9.17) is 4.74 Å². The van der Waals surface area contributed by atoms with Gasteiger partial charge in [-0.2, -0.15) is 13.2 Å². The van der Waals surface area contributed by atoms with Crippen molar-refractivity contribution < 1.29 is 22.7 Å². The lowest BCUT2D eigenvalue weighted by molar-refractivity contribution is -0.137. The number of alkyl halides is 3. The third-order valence-corrected chi connectivity index (χ3v) is 4.81. The Morgan fingerprint density at radius 1 is 0.935 bits per heavy atom. The lowest BCUT2D eigenvalue weighted by Crippen LogP contribution is -2.15. The van der Waals surface area contributed by atoms with Gasteiger partial charge in [0, 0.05) is 10.9 Å². The molecule has 156 valence electrons. The number of rotatable bonds is 4. The predicted molar refractivity (Wildman–Crippen MR) is 113 cm³/mol. The van der Waals surface area contributed by atoms with Crippen molar-refractivity contribution in [2.24, 2.45) is 0 Å². The molecule has 0 saturated heterocycles. The first-order chi connectivity index (χ1) is 14.9. The Kier molecular flexibility index (Phi) is 5.33. The van der Waals surface area contributed by atoms with Crippen LogP contribution in [0.5, 0.6) is 5.75 Å². The third-order valence-electron chi connectivity index (χ3n) is 4.81. The molecule has 0 saturated carbocycles. The lowest BCUT2D eigenvalue weighted by atomic mass is 10.0. The fourth-order valence-electron chi connectivity index (χ4n) is 3.29. The average Bonchev–Trinajstić information content (AvgIpc) is 2.78. The van der Waals surface area contributed by atoms with E-state index in [1.54, 1.807) is 24.3 Å². The zero-order valence-electron chi connectivity index (χ0n) is 16.4. The maximum atomic E-state index is 13.2. The van der Waals surface area contributed by atoms with Crippen LogP contribution in [0.25, 0.3) is 22.2 Å². The molecule has 0 bridgehead atoms. The summed E-state index contributed by atoms with van der Waals surface area (Å²) in [7, 11) is 1.33. The van der Waals surface area contributed by atoms with Gasteiger partial charge in [0.05, 0.1) is 35.1 Å². The molecule has 0 fully saturated rings. The van der Waals surface area contributed by atoms with Crippen LogP contribution in [0, 0.1) is 0 Å². The maximum absolute atomic E-state index is 13.2. The number of anilines is 1. The van der Waals surface area contributed by atoms with E-state index >= 15 is 0 Å². The second-order valence-corrected chi connectivity index (χ2v) is 6.81. The minimum absolute atomic E-state index is 0.0653. The SMILES string of the molecule is COc1ccc(C(F)(F)F)cc1NC(=O)c1cc(-c2ccccc2)nc2ccccc12. The maximum Gasteiger partial charge on any atom is 0.416 e. The summed E-state index contributed by atoms with van der Waals surface area (Å²) in [5.74, 6) is -0.434. The smallest absolute Gasteiger partial charge is 0.416 e. The molecular formula is C24H17F3N2O2. The summed E-state index contributed by atoms with van der Waals surface area (Å²) >= 11 is 0. The number of halogens is 3. The first kappa shape index (κ1) is 20.4. The van der Waals surface area contributed by atoms with Crippen LogP contribution in [0.3, 0.4) is 0 Å². The van der Waals surface area contributed by atoms with Crippen molar-refractivity contribution in [2.45, 2.75) is 6.18 Å². The van der Waals surface area contributed by atoms with E-state index < -0.39 is 17.6 Å². The second-order valence-electron chi connectivity index (χ2n) is 6.81. The molecule has 1 N–H and O–H groups in total. The quantitative estimate of drug-likeness (QED) is 0.427. The van der Waals surface area contributed by atoms with Gasteiger partial charge in [-0.25, -0.2) is 4.98 Å². The van der Waals surface area contributed by atoms with Crippen LogP contribution in [-0.4, -0.2) is 18.0 Å². The van der Waals surface area contributed by atoms with Crippen molar-refractivity contribution in [1.29, 1.82) is 0 Å². The molecule has 0 spiro atoms. The molecule has 7 heteroatoms. The van der Waals surface area contributed by atoms with E-state index in [0.717, 1.165) is 17.7 Å². The summed E-state index contributed by atoms with van der Waals surface area (Å²) < 4.78 is 44.6. The number of nitrogens with zero attached hydrogens (tertiary/aromatic N) is 1. The van der Waals surface area contributed by atoms with E-state index in [9.17, 15) is 18.0 Å². The summed E-state index contributed by atoms with van der Waals surface area (Å²) in [6, 6.07) is 21.0. The van der Waals surface area contributed by atoms with Crippen molar-refractivity contribution in [3.8, 4) is 17.0 Å². The van der Waals surface area contributed by atoms with Gasteiger partial charge in [0.2, 0.25) is 0 Å². The Bertz CT molecular complexity index is 1250. The number of hydrogen-bond donors (Lipinski definition) is 1. The van der Waals surface area contributed by atoms with Gasteiger partial charge in [0.15, 0.2) is 0 Å². The topological polar surface area (TPSA) is 51.2 Å². The van der Waals surface area contributed by atoms with Gasteiger partial charge in [0.1, 0.15) is 5.75 Å². The minimum Gasteiger partial charge on any atom is -0.495 e. The zero-order valence-corrected chi connectivity index (χ0v) is 16.4. The molecule has 3 aromatic carbocycles. The van der Waals surface area contributed by atoms with Crippen molar-refractivity contribution in [3.05, 3.63) is 90.0 Å². The minimum atomic E-state index is -4.55. The normalized spacial score (nSPS) is 11.4. The molecule has 1 heterocycles. The molecule has 4 nitrogen and oxygen atoms in total. The number of aromatic nitrogens is 1. The first-order valence-electron chi connectivity index (χ1n) is 9.38. The molecule has 4 aromatic rings. The van der Waals surface area contributed by atoms with Crippen molar-refractivity contribution >= 4 is 22.5 Å². The van der Waals surface area contributed by atoms with Crippen LogP contribution in [0.1, 0.15) is 15.9 Å². The van der Waals surface area contributed by atoms with Crippen LogP contribution in [-0.2, 0) is 6.18 Å². The summed E-state index contributed by atoms with van der Waals surface area (Å²) in [5, 5.41) is 3.16. The number of hydrogen-bond acceptors (Lipinski definition) is 3. The van der Waals surface area contributed by atoms with Crippen molar-refractivity contribution in [3.63, 3.8) is 0 Å². The third kappa shape index (κ3) is 4.21. The number of ether oxygens (including phenoxy) is 1. The van der Waals surface area contributed by atoms with E-state index in [2.05, 4.69) is 10.3 Å². The molecule has 0 aliphatic carbocycles. The molecule has 1 amide bonds. The van der Waals surface area contributed by atoms with E-state index in [1.165, 1.54) is 13.2 Å². The molecule has 31 heavy (non-hydrogen) atoms. The molecule has 0 radical (unpaired) electrons. The van der Waals surface area contributed by atoms with Gasteiger partial charge in [-0.15, -0.1) is 0 Å². The van der Waals surface area contributed by atoms with Crippen LogP contribution < -0.4 is 10.1 Å². The van der Waals surface area contributed by atoms with Crippen molar-refractivity contribution in [1.82, 2.24) is 4.98 Å². The molecule has 0 aliphatic rings. The molecule has 0 unspecified atom stereocenters. The van der Waals surface area contributed by atoms with Crippen LogP contribution in [0.2, 0.25) is 0 Å². The van der Waals surface area contributed by atoms with E-state index in [0.29, 0.717) is 22.2 Å². The number of carbonyl (C=O) groups excluding carboxylic acids is 1. The van der Waals surface area contributed by atoms with E-state index in [1.807, 2.05) is 36.4 Å². The molecular weight excluding hydrogens is 405 g/mol. The highest BCUT2D eigenvalue weighted by Gasteiger charge is 2.31. The fourth-order valence-corrected chi connectivity index (χ4v) is 3.29. The predicted octanol–water partition coefficient (Wildman–Crippen LogP) is 6.18. The van der Waals surface area contributed by atoms with Crippen LogP contribution in [0.15, 0.2) is 78.9 Å². The summed E-state index contributed by atoms with van der Waals surface area (Å²) in [6.07, 6.45) is -4.55. The summed E-state index contributed by atoms with van der Waals surface area (Å²) in [6.45, 7) is 0. The number of amides is 1. The Balaban J connectivity index is 1.80. The van der Waals surface area contributed by atoms with E-state index in [-0.39, 0.29) is 11.4 Å². The number of benzene rings is 3. The monoisotopic (exact) mass is 422 g/mol. The highest BCUT2D eigenvalue weighted by atomic mass is 19.4. The lowest BCUT2D eigenvalue weighted by Gasteiger charge is -2.15. The summed E-state index contributed by atoms with van der Waals surface area (Å²) in [5.41, 5.74) is 1.35. The number of para-hydroxylation sites is 1. The molecule has 4 rings (SSSR count). The Morgan fingerprint density at radius 2 is 1.65 bits per heavy atom. The highest BCUT2D eigenvalue weighted by molar-refractivity contribution is 6.13. The molecule has 0 aliphatic heterocycles. The Morgan fingerprint density at radius 3 is 2.35 bits per heavy atom. The number of fused-ring (bicyclic) bond motifs is 1. The highest BCUT2D eigenvalue weighted by Crippen LogP contribution is 2.35. The van der Waals surface area contributed by atoms with Gasteiger partial charge in [-0.05, 0) is 30.3 Å². The average molecular weight is 422 g/mol. The number of pyridine rings is 1. The van der Waals surface area contributed by atoms with Gasteiger partial charge in [0.25, 0.3) is 5.91 Å². The van der Waals surface area contributed by atoms with Crippen LogP contribution >= 0.6 is 0 Å². The van der Waals surface area contributed by atoms with Gasteiger partial charge in [-0.3, -0.25) is 4.79 Å². The Labute approximate surface area is 176 Å². The number of nitrogens with one attached hydrogen (secondary N) is 1. The largest absolute Gasteiger partial charge is 0.495 e. The summed E-state index contributed by atoms with van der Waals surface area (Å²) in [4.78, 5) is 17.8.